The van der Waals surface area contributed by atoms with E-state index in [1.165, 1.54) is 0 Å². The van der Waals surface area contributed by atoms with Crippen LogP contribution in [0, 0.1) is 0 Å². The quantitative estimate of drug-likeness (QED) is 0.757. The summed E-state index contributed by atoms with van der Waals surface area (Å²) in [5.41, 5.74) is 0.914. The number of nitrogens with one attached hydrogen (secondary N) is 1. The Morgan fingerprint density at radius 3 is 2.93 bits per heavy atom. The molecule has 0 aromatic heterocycles. The second-order valence-electron chi connectivity index (χ2n) is 3.26. The first-order chi connectivity index (χ1) is 6.72. The summed E-state index contributed by atoms with van der Waals surface area (Å²) in [6.07, 6.45) is 0. The molecule has 0 saturated carbocycles. The molecular weight excluding hydrogens is 178 g/mol. The van der Waals surface area contributed by atoms with Gasteiger partial charge in [-0.15, -0.1) is 0 Å². The van der Waals surface area contributed by atoms with Gasteiger partial charge in [0, 0.05) is 24.4 Å². The molecule has 1 unspecified atom stereocenters. The van der Waals surface area contributed by atoms with Crippen molar-refractivity contribution < 1.29 is 9.84 Å². The fourth-order valence-electron chi connectivity index (χ4n) is 1.22. The summed E-state index contributed by atoms with van der Waals surface area (Å²) in [7, 11) is 0. The summed E-state index contributed by atoms with van der Waals surface area (Å²) in [6.45, 7) is 5.42. The molecule has 1 atom stereocenters. The summed E-state index contributed by atoms with van der Waals surface area (Å²) in [4.78, 5) is 0. The van der Waals surface area contributed by atoms with E-state index in [2.05, 4.69) is 5.32 Å². The number of phenolic OH excluding ortho intramolecular Hbond substituents is 1. The lowest BCUT2D eigenvalue weighted by Gasteiger charge is -2.14. The molecule has 3 heteroatoms. The third kappa shape index (κ3) is 3.66. The fraction of sp³-hybridized carbons (Fsp3) is 0.455. The molecule has 0 fully saturated rings. The molecule has 0 saturated heterocycles. The minimum Gasteiger partial charge on any atom is -0.508 e. The molecule has 3 nitrogen and oxygen atoms in total. The van der Waals surface area contributed by atoms with Crippen LogP contribution in [-0.2, 0) is 4.74 Å². The van der Waals surface area contributed by atoms with Gasteiger partial charge in [-0.2, -0.15) is 0 Å². The van der Waals surface area contributed by atoms with Gasteiger partial charge in [-0.25, -0.2) is 0 Å². The van der Waals surface area contributed by atoms with Crippen LogP contribution in [-0.4, -0.2) is 24.4 Å². The van der Waals surface area contributed by atoms with Gasteiger partial charge in [0.05, 0.1) is 6.61 Å². The van der Waals surface area contributed by atoms with E-state index in [4.69, 9.17) is 4.74 Å². The number of benzene rings is 1. The topological polar surface area (TPSA) is 41.5 Å². The zero-order valence-electron chi connectivity index (χ0n) is 8.66. The monoisotopic (exact) mass is 195 g/mol. The van der Waals surface area contributed by atoms with Crippen LogP contribution >= 0.6 is 0 Å². The lowest BCUT2D eigenvalue weighted by Crippen LogP contribution is -2.21. The van der Waals surface area contributed by atoms with Gasteiger partial charge in [-0.1, -0.05) is 6.07 Å². The van der Waals surface area contributed by atoms with Crippen LogP contribution < -0.4 is 5.32 Å². The third-order valence-electron chi connectivity index (χ3n) is 1.83. The van der Waals surface area contributed by atoms with Crippen molar-refractivity contribution >= 4 is 5.69 Å². The van der Waals surface area contributed by atoms with E-state index < -0.39 is 0 Å². The molecule has 0 aliphatic heterocycles. The SMILES string of the molecule is CCOCC(C)Nc1cccc(O)c1. The summed E-state index contributed by atoms with van der Waals surface area (Å²) in [6, 6.07) is 7.32. The number of hydrogen-bond donors (Lipinski definition) is 2. The highest BCUT2D eigenvalue weighted by Crippen LogP contribution is 2.15. The summed E-state index contributed by atoms with van der Waals surface area (Å²) in [5, 5.41) is 12.5. The Balaban J connectivity index is 2.43. The van der Waals surface area contributed by atoms with Crippen molar-refractivity contribution in [1.29, 1.82) is 0 Å². The number of phenols is 1. The van der Waals surface area contributed by atoms with E-state index in [-0.39, 0.29) is 11.8 Å². The largest absolute Gasteiger partial charge is 0.508 e. The van der Waals surface area contributed by atoms with Gasteiger partial charge in [0.2, 0.25) is 0 Å². The second kappa shape index (κ2) is 5.50. The van der Waals surface area contributed by atoms with Crippen LogP contribution in [0.1, 0.15) is 13.8 Å². The standard InChI is InChI=1S/C11H17NO2/c1-3-14-8-9(2)12-10-5-4-6-11(13)7-10/h4-7,9,12-13H,3,8H2,1-2H3. The highest BCUT2D eigenvalue weighted by atomic mass is 16.5. The molecule has 1 rings (SSSR count). The van der Waals surface area contributed by atoms with Gasteiger partial charge in [0.25, 0.3) is 0 Å². The minimum absolute atomic E-state index is 0.247. The molecule has 14 heavy (non-hydrogen) atoms. The molecule has 0 heterocycles. The Morgan fingerprint density at radius 2 is 2.29 bits per heavy atom. The predicted molar refractivity (Wildman–Crippen MR) is 57.7 cm³/mol. The lowest BCUT2D eigenvalue weighted by molar-refractivity contribution is 0.141. The fourth-order valence-corrected chi connectivity index (χ4v) is 1.22. The average Bonchev–Trinajstić information content (AvgIpc) is 2.15. The van der Waals surface area contributed by atoms with E-state index in [1.807, 2.05) is 26.0 Å². The lowest BCUT2D eigenvalue weighted by atomic mass is 10.2. The molecule has 0 bridgehead atoms. The smallest absolute Gasteiger partial charge is 0.117 e. The molecule has 0 aliphatic rings. The van der Waals surface area contributed by atoms with Crippen molar-refractivity contribution in [3.63, 3.8) is 0 Å². The Hall–Kier alpha value is -1.22. The Kier molecular flexibility index (Phi) is 4.26. The maximum atomic E-state index is 9.23. The van der Waals surface area contributed by atoms with Crippen LogP contribution in [0.3, 0.4) is 0 Å². The van der Waals surface area contributed by atoms with Crippen molar-refractivity contribution in [3.8, 4) is 5.75 Å². The van der Waals surface area contributed by atoms with Crippen molar-refractivity contribution in [2.24, 2.45) is 0 Å². The average molecular weight is 195 g/mol. The predicted octanol–water partition coefficient (Wildman–Crippen LogP) is 2.23. The first kappa shape index (κ1) is 10.9. The molecule has 2 N–H and O–H groups in total. The van der Waals surface area contributed by atoms with Crippen LogP contribution in [0.4, 0.5) is 5.69 Å². The number of anilines is 1. The van der Waals surface area contributed by atoms with E-state index >= 15 is 0 Å². The number of hydrogen-bond acceptors (Lipinski definition) is 3. The Labute approximate surface area is 84.7 Å². The first-order valence-corrected chi connectivity index (χ1v) is 4.85. The van der Waals surface area contributed by atoms with Gasteiger partial charge in [0.15, 0.2) is 0 Å². The highest BCUT2D eigenvalue weighted by molar-refractivity contribution is 5.48. The normalized spacial score (nSPS) is 12.4. The van der Waals surface area contributed by atoms with Crippen LogP contribution in [0.25, 0.3) is 0 Å². The zero-order valence-corrected chi connectivity index (χ0v) is 8.66. The van der Waals surface area contributed by atoms with Gasteiger partial charge in [0.1, 0.15) is 5.75 Å². The molecule has 78 valence electrons. The van der Waals surface area contributed by atoms with E-state index in [1.54, 1.807) is 12.1 Å². The van der Waals surface area contributed by atoms with Gasteiger partial charge in [-0.3, -0.25) is 0 Å². The van der Waals surface area contributed by atoms with Crippen molar-refractivity contribution in [2.75, 3.05) is 18.5 Å². The van der Waals surface area contributed by atoms with Gasteiger partial charge < -0.3 is 15.2 Å². The van der Waals surface area contributed by atoms with E-state index in [9.17, 15) is 5.11 Å². The van der Waals surface area contributed by atoms with Crippen LogP contribution in [0.2, 0.25) is 0 Å². The maximum absolute atomic E-state index is 9.23. The molecule has 0 amide bonds. The molecule has 1 aromatic rings. The molecule has 0 radical (unpaired) electrons. The number of aromatic hydroxyl groups is 1. The van der Waals surface area contributed by atoms with Gasteiger partial charge >= 0.3 is 0 Å². The summed E-state index contributed by atoms with van der Waals surface area (Å²) >= 11 is 0. The van der Waals surface area contributed by atoms with E-state index in [0.29, 0.717) is 6.61 Å². The Bertz CT molecular complexity index is 276. The first-order valence-electron chi connectivity index (χ1n) is 4.85. The minimum atomic E-state index is 0.247. The van der Waals surface area contributed by atoms with Crippen molar-refractivity contribution in [1.82, 2.24) is 0 Å². The van der Waals surface area contributed by atoms with Crippen molar-refractivity contribution in [3.05, 3.63) is 24.3 Å². The zero-order chi connectivity index (χ0) is 10.4. The summed E-state index contributed by atoms with van der Waals surface area (Å²) in [5.74, 6) is 0.276. The van der Waals surface area contributed by atoms with E-state index in [0.717, 1.165) is 12.3 Å². The number of ether oxygens (including phenoxy) is 1. The third-order valence-corrected chi connectivity index (χ3v) is 1.83. The van der Waals surface area contributed by atoms with Crippen LogP contribution in [0.5, 0.6) is 5.75 Å². The second-order valence-corrected chi connectivity index (χ2v) is 3.26. The summed E-state index contributed by atoms with van der Waals surface area (Å²) < 4.78 is 5.27. The van der Waals surface area contributed by atoms with Gasteiger partial charge in [-0.05, 0) is 26.0 Å². The molecule has 0 spiro atoms. The number of rotatable bonds is 5. The Morgan fingerprint density at radius 1 is 1.50 bits per heavy atom. The van der Waals surface area contributed by atoms with Crippen LogP contribution in [0.15, 0.2) is 24.3 Å². The molecule has 0 aliphatic carbocycles. The molecule has 1 aromatic carbocycles. The molecular formula is C11H17NO2. The van der Waals surface area contributed by atoms with Crippen molar-refractivity contribution in [2.45, 2.75) is 19.9 Å². The highest BCUT2D eigenvalue weighted by Gasteiger charge is 2.01. The maximum Gasteiger partial charge on any atom is 0.117 e.